The number of aliphatic hydroxyl groups is 3. The third kappa shape index (κ3) is 4.58. The fourth-order valence-corrected chi connectivity index (χ4v) is 5.47. The minimum atomic E-state index is -0.951. The predicted octanol–water partition coefficient (Wildman–Crippen LogP) is 4.56. The summed E-state index contributed by atoms with van der Waals surface area (Å²) in [6.07, 6.45) is 4.59. The van der Waals surface area contributed by atoms with Gasteiger partial charge in [0.15, 0.2) is 5.78 Å². The summed E-state index contributed by atoms with van der Waals surface area (Å²) >= 11 is 0. The summed E-state index contributed by atoms with van der Waals surface area (Å²) in [5, 5.41) is 31.8. The van der Waals surface area contributed by atoms with Gasteiger partial charge in [0.2, 0.25) is 0 Å². The zero-order chi connectivity index (χ0) is 24.6. The van der Waals surface area contributed by atoms with E-state index in [0.717, 1.165) is 18.4 Å². The molecule has 0 aromatic heterocycles. The monoisotopic (exact) mass is 448 g/mol. The van der Waals surface area contributed by atoms with Crippen LogP contribution in [-0.4, -0.2) is 45.9 Å². The van der Waals surface area contributed by atoms with Crippen molar-refractivity contribution in [1.29, 1.82) is 0 Å². The average molecular weight is 449 g/mol. The highest BCUT2D eigenvalue weighted by molar-refractivity contribution is 6.08. The number of esters is 1. The minimum absolute atomic E-state index is 0.0521. The van der Waals surface area contributed by atoms with E-state index in [1.165, 1.54) is 14.0 Å². The lowest BCUT2D eigenvalue weighted by molar-refractivity contribution is -0.145. The molecule has 0 heterocycles. The molecule has 0 aromatic carbocycles. The van der Waals surface area contributed by atoms with Crippen LogP contribution in [0.3, 0.4) is 0 Å². The second-order valence-electron chi connectivity index (χ2n) is 10.7. The number of rotatable bonds is 6. The van der Waals surface area contributed by atoms with Gasteiger partial charge in [0, 0.05) is 5.57 Å². The van der Waals surface area contributed by atoms with Crippen LogP contribution in [-0.2, 0) is 14.3 Å². The summed E-state index contributed by atoms with van der Waals surface area (Å²) in [5.74, 6) is -1.22. The predicted molar refractivity (Wildman–Crippen MR) is 124 cm³/mol. The normalized spacial score (nSPS) is 33.6. The summed E-state index contributed by atoms with van der Waals surface area (Å²) in [6.45, 7) is 12.9. The smallest absolute Gasteiger partial charge is 0.341 e. The molecule has 0 bridgehead atoms. The van der Waals surface area contributed by atoms with Crippen molar-refractivity contribution in [3.05, 3.63) is 34.1 Å². The molecule has 0 saturated heterocycles. The van der Waals surface area contributed by atoms with Crippen LogP contribution in [0.15, 0.2) is 34.1 Å². The second-order valence-corrected chi connectivity index (χ2v) is 10.7. The maximum Gasteiger partial charge on any atom is 0.341 e. The summed E-state index contributed by atoms with van der Waals surface area (Å²) in [7, 11) is 1.25. The lowest BCUT2D eigenvalue weighted by Gasteiger charge is -2.51. The summed E-state index contributed by atoms with van der Waals surface area (Å²) in [4.78, 5) is 25.3. The summed E-state index contributed by atoms with van der Waals surface area (Å²) in [6, 6.07) is 0. The first-order valence-corrected chi connectivity index (χ1v) is 11.4. The first kappa shape index (κ1) is 26.3. The molecule has 3 N–H and O–H groups in total. The first-order chi connectivity index (χ1) is 14.6. The van der Waals surface area contributed by atoms with Gasteiger partial charge in [-0.15, -0.1) is 0 Å². The van der Waals surface area contributed by atoms with Crippen molar-refractivity contribution in [2.45, 2.75) is 92.3 Å². The summed E-state index contributed by atoms with van der Waals surface area (Å²) in [5.41, 5.74) is -0.363. The lowest BCUT2D eigenvalue weighted by Crippen LogP contribution is -2.53. The molecule has 0 spiro atoms. The zero-order valence-corrected chi connectivity index (χ0v) is 20.8. The SMILES string of the molecule is COC(=O)C1=C(C)[C@@](C)(C/C=C(\C)CC[C@@H]2C(C)(C)[C@H](O)CC[C@@]2(C)O)C(=O)C(C)=C1O. The van der Waals surface area contributed by atoms with Gasteiger partial charge >= 0.3 is 5.97 Å². The number of ketones is 1. The Morgan fingerprint density at radius 1 is 1.22 bits per heavy atom. The van der Waals surface area contributed by atoms with Gasteiger partial charge in [-0.1, -0.05) is 25.5 Å². The number of carbonyl (C=O) groups is 2. The number of allylic oxidation sites excluding steroid dienone is 4. The minimum Gasteiger partial charge on any atom is -0.507 e. The standard InChI is InChI=1S/C26H40O6/c1-15(9-10-18-24(4,5)19(27)12-14-26(18,7)31)11-13-25(6)17(3)20(23(30)32-8)21(28)16(2)22(25)29/h11,18-19,27-28,31H,9-10,12-14H2,1-8H3/b15-11+/t18-,19-,25-,26-/m1/s1. The van der Waals surface area contributed by atoms with Crippen LogP contribution in [0.5, 0.6) is 0 Å². The Morgan fingerprint density at radius 2 is 1.81 bits per heavy atom. The Balaban J connectivity index is 2.24. The highest BCUT2D eigenvalue weighted by atomic mass is 16.5. The van der Waals surface area contributed by atoms with Crippen molar-refractivity contribution >= 4 is 11.8 Å². The van der Waals surface area contributed by atoms with Crippen LogP contribution in [0.1, 0.15) is 80.6 Å². The molecular weight excluding hydrogens is 408 g/mol. The van der Waals surface area contributed by atoms with Crippen LogP contribution in [0.4, 0.5) is 0 Å². The van der Waals surface area contributed by atoms with Crippen LogP contribution in [0, 0.1) is 16.7 Å². The average Bonchev–Trinajstić information content (AvgIpc) is 2.72. The third-order valence-electron chi connectivity index (χ3n) is 8.14. The van der Waals surface area contributed by atoms with Crippen LogP contribution in [0.25, 0.3) is 0 Å². The molecule has 0 unspecified atom stereocenters. The van der Waals surface area contributed by atoms with E-state index in [9.17, 15) is 24.9 Å². The Morgan fingerprint density at radius 3 is 2.38 bits per heavy atom. The first-order valence-electron chi connectivity index (χ1n) is 11.4. The molecule has 1 saturated carbocycles. The topological polar surface area (TPSA) is 104 Å². The molecule has 2 aliphatic carbocycles. The highest BCUT2D eigenvalue weighted by Gasteiger charge is 2.49. The lowest BCUT2D eigenvalue weighted by atomic mass is 9.59. The Labute approximate surface area is 192 Å². The number of ether oxygens (including phenoxy) is 1. The van der Waals surface area contributed by atoms with Gasteiger partial charge in [-0.05, 0) is 83.6 Å². The van der Waals surface area contributed by atoms with E-state index >= 15 is 0 Å². The molecule has 32 heavy (non-hydrogen) atoms. The maximum atomic E-state index is 13.1. The largest absolute Gasteiger partial charge is 0.507 e. The van der Waals surface area contributed by atoms with Crippen molar-refractivity contribution in [3.63, 3.8) is 0 Å². The summed E-state index contributed by atoms with van der Waals surface area (Å²) < 4.78 is 4.82. The van der Waals surface area contributed by atoms with E-state index in [1.54, 1.807) is 13.8 Å². The van der Waals surface area contributed by atoms with E-state index in [2.05, 4.69) is 0 Å². The number of carbonyl (C=O) groups excluding carboxylic acids is 2. The molecule has 1 fully saturated rings. The number of hydrogen-bond donors (Lipinski definition) is 3. The quantitative estimate of drug-likeness (QED) is 0.406. The van der Waals surface area contributed by atoms with E-state index in [-0.39, 0.29) is 34.0 Å². The van der Waals surface area contributed by atoms with Gasteiger partial charge in [0.25, 0.3) is 0 Å². The van der Waals surface area contributed by atoms with Crippen molar-refractivity contribution < 1.29 is 29.6 Å². The molecular formula is C26H40O6. The van der Waals surface area contributed by atoms with Gasteiger partial charge < -0.3 is 20.1 Å². The molecule has 4 atom stereocenters. The molecule has 2 rings (SSSR count). The maximum absolute atomic E-state index is 13.1. The molecule has 0 aliphatic heterocycles. The van der Waals surface area contributed by atoms with Crippen LogP contribution < -0.4 is 0 Å². The Kier molecular flexibility index (Phi) is 7.52. The third-order valence-corrected chi connectivity index (χ3v) is 8.14. The van der Waals surface area contributed by atoms with E-state index in [0.29, 0.717) is 24.8 Å². The van der Waals surface area contributed by atoms with Crippen molar-refractivity contribution in [2.24, 2.45) is 16.7 Å². The second kappa shape index (κ2) is 9.14. The molecule has 6 nitrogen and oxygen atoms in total. The van der Waals surface area contributed by atoms with Crippen molar-refractivity contribution in [2.75, 3.05) is 7.11 Å². The van der Waals surface area contributed by atoms with Gasteiger partial charge in [-0.25, -0.2) is 4.79 Å². The Bertz CT molecular complexity index is 873. The number of aliphatic hydroxyl groups excluding tert-OH is 2. The van der Waals surface area contributed by atoms with Crippen LogP contribution in [0.2, 0.25) is 0 Å². The van der Waals surface area contributed by atoms with E-state index < -0.39 is 23.1 Å². The zero-order valence-electron chi connectivity index (χ0n) is 20.8. The molecule has 6 heteroatoms. The Hall–Kier alpha value is -1.92. The van der Waals surface area contributed by atoms with Gasteiger partial charge in [-0.3, -0.25) is 4.79 Å². The van der Waals surface area contributed by atoms with Crippen molar-refractivity contribution in [1.82, 2.24) is 0 Å². The number of hydrogen-bond acceptors (Lipinski definition) is 6. The fraction of sp³-hybridized carbons (Fsp3) is 0.692. The van der Waals surface area contributed by atoms with Gasteiger partial charge in [0.1, 0.15) is 11.3 Å². The molecule has 0 radical (unpaired) electrons. The molecule has 180 valence electrons. The van der Waals surface area contributed by atoms with Crippen LogP contribution >= 0.6 is 0 Å². The molecule has 2 aliphatic rings. The van der Waals surface area contributed by atoms with Gasteiger partial charge in [0.05, 0.1) is 24.2 Å². The number of methoxy groups -OCH3 is 1. The van der Waals surface area contributed by atoms with E-state index in [1.807, 2.05) is 33.8 Å². The van der Waals surface area contributed by atoms with Gasteiger partial charge in [-0.2, -0.15) is 0 Å². The number of Topliss-reactive ketones (excluding diaryl/α,β-unsaturated/α-hetero) is 1. The van der Waals surface area contributed by atoms with Crippen molar-refractivity contribution in [3.8, 4) is 0 Å². The van der Waals surface area contributed by atoms with E-state index in [4.69, 9.17) is 4.74 Å². The molecule has 0 aromatic rings. The molecule has 0 amide bonds. The highest BCUT2D eigenvalue weighted by Crippen LogP contribution is 2.49. The fourth-order valence-electron chi connectivity index (χ4n) is 5.47.